The molecule has 6 nitrogen and oxygen atoms in total. The summed E-state index contributed by atoms with van der Waals surface area (Å²) in [6.07, 6.45) is 7.37. The van der Waals surface area contributed by atoms with Crippen LogP contribution in [0.4, 0.5) is 0 Å². The molecule has 1 spiro atoms. The van der Waals surface area contributed by atoms with Crippen LogP contribution in [-0.2, 0) is 9.53 Å². The Morgan fingerprint density at radius 3 is 2.52 bits per heavy atom. The van der Waals surface area contributed by atoms with Gasteiger partial charge in [0.2, 0.25) is 5.79 Å². The second-order valence-corrected chi connectivity index (χ2v) is 6.23. The first kappa shape index (κ1) is 17.9. The summed E-state index contributed by atoms with van der Waals surface area (Å²) in [5.74, 6) is -3.77. The fourth-order valence-electron chi connectivity index (χ4n) is 3.21. The second-order valence-electron chi connectivity index (χ2n) is 6.23. The number of rotatable bonds is 4. The van der Waals surface area contributed by atoms with Gasteiger partial charge in [0.1, 0.15) is 17.6 Å². The highest BCUT2D eigenvalue weighted by Gasteiger charge is 2.69. The van der Waals surface area contributed by atoms with Gasteiger partial charge in [-0.05, 0) is 6.42 Å². The summed E-state index contributed by atoms with van der Waals surface area (Å²) in [6.45, 7) is 3.21. The topological polar surface area (TPSA) is 107 Å². The van der Waals surface area contributed by atoms with Crippen LogP contribution in [0, 0.1) is 11.3 Å². The predicted octanol–water partition coefficient (Wildman–Crippen LogP) is 0.419. The predicted molar refractivity (Wildman–Crippen MR) is 83.0 cm³/mol. The fourth-order valence-corrected chi connectivity index (χ4v) is 3.21. The first-order chi connectivity index (χ1) is 10.8. The van der Waals surface area contributed by atoms with Gasteiger partial charge >= 0.3 is 5.97 Å². The molecule has 4 N–H and O–H groups in total. The maximum Gasteiger partial charge on any atom is 0.321 e. The van der Waals surface area contributed by atoms with E-state index in [0.717, 1.165) is 19.8 Å². The lowest BCUT2D eigenvalue weighted by molar-refractivity contribution is -0.209. The molecule has 23 heavy (non-hydrogen) atoms. The first-order valence-corrected chi connectivity index (χ1v) is 7.80. The number of cyclic esters (lactones) is 1. The molecule has 0 aromatic heterocycles. The third-order valence-corrected chi connectivity index (χ3v) is 4.51. The molecule has 0 amide bonds. The van der Waals surface area contributed by atoms with Gasteiger partial charge in [-0.15, -0.1) is 0 Å². The Hall–Kier alpha value is -1.47. The van der Waals surface area contributed by atoms with Gasteiger partial charge in [0, 0.05) is 12.8 Å². The van der Waals surface area contributed by atoms with Gasteiger partial charge in [-0.3, -0.25) is 4.79 Å². The number of aliphatic hydroxyl groups is 4. The molecule has 1 aliphatic heterocycles. The average molecular weight is 324 g/mol. The number of hydrogen-bond acceptors (Lipinski definition) is 6. The van der Waals surface area contributed by atoms with Crippen LogP contribution in [-0.4, -0.2) is 50.5 Å². The lowest BCUT2D eigenvalue weighted by atomic mass is 9.62. The molecular formula is C17H24O6. The third-order valence-electron chi connectivity index (χ3n) is 4.51. The van der Waals surface area contributed by atoms with Gasteiger partial charge in [-0.2, -0.15) is 0 Å². The number of esters is 1. The molecule has 0 aromatic carbocycles. The Balaban J connectivity index is 2.39. The van der Waals surface area contributed by atoms with Crippen molar-refractivity contribution >= 4 is 5.97 Å². The van der Waals surface area contributed by atoms with Gasteiger partial charge in [-0.25, -0.2) is 0 Å². The van der Waals surface area contributed by atoms with E-state index >= 15 is 0 Å². The number of allylic oxidation sites excluding steroid dienone is 5. The zero-order chi connectivity index (χ0) is 17.3. The summed E-state index contributed by atoms with van der Waals surface area (Å²) in [7, 11) is 0. The number of carbonyl (C=O) groups is 1. The van der Waals surface area contributed by atoms with Crippen molar-refractivity contribution in [3.63, 3.8) is 0 Å². The molecule has 128 valence electrons. The van der Waals surface area contributed by atoms with Crippen LogP contribution in [0.25, 0.3) is 0 Å². The van der Waals surface area contributed by atoms with Crippen LogP contribution in [0.2, 0.25) is 0 Å². The number of ether oxygens (including phenoxy) is 1. The van der Waals surface area contributed by atoms with E-state index in [1.54, 1.807) is 12.2 Å². The fraction of sp³-hybridized carbons (Fsp3) is 0.588. The quantitative estimate of drug-likeness (QED) is 0.339. The number of aliphatic hydroxyl groups excluding tert-OH is 3. The molecule has 2 rings (SSSR count). The molecule has 0 saturated carbocycles. The highest BCUT2D eigenvalue weighted by molar-refractivity contribution is 5.83. The van der Waals surface area contributed by atoms with Gasteiger partial charge < -0.3 is 25.2 Å². The Kier molecular flexibility index (Phi) is 5.10. The molecule has 6 heteroatoms. The van der Waals surface area contributed by atoms with Crippen molar-refractivity contribution in [1.29, 1.82) is 0 Å². The van der Waals surface area contributed by atoms with Crippen molar-refractivity contribution < 1.29 is 30.0 Å². The zero-order valence-corrected chi connectivity index (χ0v) is 13.3. The summed E-state index contributed by atoms with van der Waals surface area (Å²) in [4.78, 5) is 12.4. The summed E-state index contributed by atoms with van der Waals surface area (Å²) < 4.78 is 4.86. The SMILES string of the molecule is CCC/C=C/C=C/[C@@H]1C=C[C@@H](O)[C@H](O)[C@]12C(=O)O[C@](C)(O)[C@@H]2O. The van der Waals surface area contributed by atoms with E-state index in [1.807, 2.05) is 12.2 Å². The van der Waals surface area contributed by atoms with E-state index in [2.05, 4.69) is 6.92 Å². The van der Waals surface area contributed by atoms with E-state index < -0.39 is 41.4 Å². The normalized spacial score (nSPS) is 43.8. The highest BCUT2D eigenvalue weighted by atomic mass is 16.7. The molecule has 0 bridgehead atoms. The van der Waals surface area contributed by atoms with E-state index in [4.69, 9.17) is 4.74 Å². The summed E-state index contributed by atoms with van der Waals surface area (Å²) >= 11 is 0. The Bertz CT molecular complexity index is 535. The van der Waals surface area contributed by atoms with Crippen LogP contribution in [0.5, 0.6) is 0 Å². The molecule has 2 aliphatic rings. The molecule has 1 fully saturated rings. The maximum absolute atomic E-state index is 12.4. The number of carbonyl (C=O) groups excluding carboxylic acids is 1. The molecule has 1 heterocycles. The minimum absolute atomic E-state index is 0.719. The number of unbranched alkanes of at least 4 members (excludes halogenated alkanes) is 1. The summed E-state index contributed by atoms with van der Waals surface area (Å²) in [6, 6.07) is 0. The summed E-state index contributed by atoms with van der Waals surface area (Å²) in [5, 5.41) is 40.8. The van der Waals surface area contributed by atoms with Crippen LogP contribution in [0.3, 0.4) is 0 Å². The third kappa shape index (κ3) is 2.87. The van der Waals surface area contributed by atoms with Gasteiger partial charge in [0.05, 0.1) is 6.10 Å². The van der Waals surface area contributed by atoms with Crippen molar-refractivity contribution in [3.05, 3.63) is 36.5 Å². The van der Waals surface area contributed by atoms with Crippen LogP contribution in [0.15, 0.2) is 36.5 Å². The molecule has 0 radical (unpaired) electrons. The largest absolute Gasteiger partial charge is 0.430 e. The maximum atomic E-state index is 12.4. The van der Waals surface area contributed by atoms with Gasteiger partial charge in [0.15, 0.2) is 0 Å². The van der Waals surface area contributed by atoms with E-state index in [1.165, 1.54) is 12.2 Å². The Morgan fingerprint density at radius 2 is 1.96 bits per heavy atom. The standard InChI is InChI=1S/C17H24O6/c1-3-4-5-6-7-8-11-9-10-12(18)13(19)17(11)14(20)16(2,22)23-15(17)21/h5-14,18-20,22H,3-4H2,1-2H3/b6-5+,8-7+/t11-,12-,13+,14+,16+,17-/m1/s1. The molecular weight excluding hydrogens is 300 g/mol. The molecule has 1 aliphatic carbocycles. The van der Waals surface area contributed by atoms with E-state index in [-0.39, 0.29) is 0 Å². The average Bonchev–Trinajstić information content (AvgIpc) is 2.66. The van der Waals surface area contributed by atoms with E-state index in [9.17, 15) is 25.2 Å². The van der Waals surface area contributed by atoms with Crippen LogP contribution < -0.4 is 0 Å². The van der Waals surface area contributed by atoms with Crippen molar-refractivity contribution in [2.45, 2.75) is 50.8 Å². The number of hydrogen-bond donors (Lipinski definition) is 4. The lowest BCUT2D eigenvalue weighted by Gasteiger charge is -2.42. The molecule has 0 aromatic rings. The van der Waals surface area contributed by atoms with Crippen LogP contribution >= 0.6 is 0 Å². The van der Waals surface area contributed by atoms with Crippen molar-refractivity contribution in [3.8, 4) is 0 Å². The van der Waals surface area contributed by atoms with Crippen LogP contribution in [0.1, 0.15) is 26.7 Å². The summed E-state index contributed by atoms with van der Waals surface area (Å²) in [5.41, 5.74) is -1.84. The minimum atomic E-state index is -2.12. The van der Waals surface area contributed by atoms with E-state index in [0.29, 0.717) is 0 Å². The van der Waals surface area contributed by atoms with Gasteiger partial charge in [0.25, 0.3) is 0 Å². The van der Waals surface area contributed by atoms with Gasteiger partial charge in [-0.1, -0.05) is 49.8 Å². The first-order valence-electron chi connectivity index (χ1n) is 7.80. The highest BCUT2D eigenvalue weighted by Crippen LogP contribution is 2.51. The zero-order valence-electron chi connectivity index (χ0n) is 13.3. The lowest BCUT2D eigenvalue weighted by Crippen LogP contribution is -2.59. The van der Waals surface area contributed by atoms with Crippen molar-refractivity contribution in [1.82, 2.24) is 0 Å². The molecule has 1 saturated heterocycles. The monoisotopic (exact) mass is 324 g/mol. The Labute approximate surface area is 135 Å². The second kappa shape index (κ2) is 6.57. The molecule has 6 atom stereocenters. The molecule has 0 unspecified atom stereocenters. The minimum Gasteiger partial charge on any atom is -0.430 e. The Morgan fingerprint density at radius 1 is 1.26 bits per heavy atom. The van der Waals surface area contributed by atoms with Crippen molar-refractivity contribution in [2.75, 3.05) is 0 Å². The van der Waals surface area contributed by atoms with Crippen molar-refractivity contribution in [2.24, 2.45) is 11.3 Å². The smallest absolute Gasteiger partial charge is 0.321 e.